The summed E-state index contributed by atoms with van der Waals surface area (Å²) >= 11 is 1.43. The number of halogens is 3. The van der Waals surface area contributed by atoms with E-state index in [1.807, 2.05) is 24.3 Å². The quantitative estimate of drug-likeness (QED) is 0.624. The molecule has 8 heteroatoms. The van der Waals surface area contributed by atoms with Crippen molar-refractivity contribution in [2.75, 3.05) is 16.0 Å². The number of carbonyl (C=O) groups excluding carboxylic acids is 2. The summed E-state index contributed by atoms with van der Waals surface area (Å²) in [7, 11) is 0. The Balaban J connectivity index is 1.47. The number of nitrogens with zero attached hydrogens (tertiary/aromatic N) is 1. The van der Waals surface area contributed by atoms with E-state index in [9.17, 15) is 22.8 Å². The van der Waals surface area contributed by atoms with E-state index in [1.54, 1.807) is 0 Å². The van der Waals surface area contributed by atoms with E-state index < -0.39 is 11.7 Å². The Morgan fingerprint density at radius 1 is 0.968 bits per heavy atom. The zero-order chi connectivity index (χ0) is 22.0. The lowest BCUT2D eigenvalue weighted by molar-refractivity contribution is -0.137. The first-order chi connectivity index (χ1) is 14.8. The molecule has 1 heterocycles. The lowest BCUT2D eigenvalue weighted by Gasteiger charge is -2.25. The number of amides is 2. The molecule has 1 saturated carbocycles. The van der Waals surface area contributed by atoms with Gasteiger partial charge in [-0.1, -0.05) is 31.4 Å². The third kappa shape index (κ3) is 4.89. The molecule has 0 unspecified atom stereocenters. The first-order valence-corrected chi connectivity index (χ1v) is 11.4. The second kappa shape index (κ2) is 8.94. The summed E-state index contributed by atoms with van der Waals surface area (Å²) in [6, 6.07) is 12.0. The summed E-state index contributed by atoms with van der Waals surface area (Å²) in [5, 5.41) is 2.64. The van der Waals surface area contributed by atoms with Crippen molar-refractivity contribution in [2.45, 2.75) is 43.7 Å². The molecule has 4 nitrogen and oxygen atoms in total. The van der Waals surface area contributed by atoms with E-state index >= 15 is 0 Å². The topological polar surface area (TPSA) is 49.4 Å². The Labute approximate surface area is 183 Å². The van der Waals surface area contributed by atoms with Gasteiger partial charge in [0.1, 0.15) is 5.37 Å². The van der Waals surface area contributed by atoms with Crippen LogP contribution >= 0.6 is 11.8 Å². The number of hydrogen-bond donors (Lipinski definition) is 1. The van der Waals surface area contributed by atoms with Gasteiger partial charge in [0.15, 0.2) is 0 Å². The number of benzene rings is 2. The zero-order valence-electron chi connectivity index (χ0n) is 16.8. The second-order valence-electron chi connectivity index (χ2n) is 7.92. The fraction of sp³-hybridized carbons (Fsp3) is 0.391. The van der Waals surface area contributed by atoms with Gasteiger partial charge in [0.25, 0.3) is 0 Å². The van der Waals surface area contributed by atoms with Crippen molar-refractivity contribution < 1.29 is 22.8 Å². The molecule has 1 aliphatic carbocycles. The maximum atomic E-state index is 12.8. The Kier molecular flexibility index (Phi) is 6.27. The van der Waals surface area contributed by atoms with Gasteiger partial charge in [-0.2, -0.15) is 13.2 Å². The summed E-state index contributed by atoms with van der Waals surface area (Å²) in [6.07, 6.45) is 0.790. The van der Waals surface area contributed by atoms with Crippen LogP contribution in [-0.4, -0.2) is 17.6 Å². The zero-order valence-corrected chi connectivity index (χ0v) is 17.6. The van der Waals surface area contributed by atoms with Crippen molar-refractivity contribution >= 4 is 35.0 Å². The molecule has 2 fully saturated rings. The predicted octanol–water partition coefficient (Wildman–Crippen LogP) is 6.00. The van der Waals surface area contributed by atoms with Gasteiger partial charge in [-0.25, -0.2) is 0 Å². The monoisotopic (exact) mass is 448 g/mol. The van der Waals surface area contributed by atoms with E-state index in [0.29, 0.717) is 11.4 Å². The highest BCUT2D eigenvalue weighted by Crippen LogP contribution is 2.42. The Morgan fingerprint density at radius 3 is 2.23 bits per heavy atom. The number of anilines is 2. The van der Waals surface area contributed by atoms with Gasteiger partial charge < -0.3 is 5.32 Å². The van der Waals surface area contributed by atoms with Crippen LogP contribution in [0.1, 0.15) is 48.6 Å². The molecule has 0 aromatic heterocycles. The van der Waals surface area contributed by atoms with E-state index in [1.165, 1.54) is 35.2 Å². The molecule has 2 amide bonds. The van der Waals surface area contributed by atoms with Gasteiger partial charge in [0.05, 0.1) is 11.3 Å². The van der Waals surface area contributed by atoms with Crippen molar-refractivity contribution in [2.24, 2.45) is 5.92 Å². The molecule has 164 valence electrons. The maximum absolute atomic E-state index is 12.8. The fourth-order valence-corrected chi connectivity index (χ4v) is 5.28. The highest BCUT2D eigenvalue weighted by atomic mass is 32.2. The van der Waals surface area contributed by atoms with E-state index in [4.69, 9.17) is 0 Å². The molecule has 1 aliphatic heterocycles. The molecule has 2 aromatic carbocycles. The molecule has 0 spiro atoms. The van der Waals surface area contributed by atoms with Crippen LogP contribution in [0.25, 0.3) is 0 Å². The largest absolute Gasteiger partial charge is 0.416 e. The summed E-state index contributed by atoms with van der Waals surface area (Å²) in [5.41, 5.74) is 1.24. The van der Waals surface area contributed by atoms with Gasteiger partial charge in [-0.05, 0) is 54.8 Å². The standard InChI is InChI=1S/C23H23F3N2O2S/c24-23(25,26)17-8-12-19(13-9-17)28-20(29)14-31-22(28)16-6-10-18(11-7-16)27-21(30)15-4-2-1-3-5-15/h6-13,15,22H,1-5,14H2,(H,27,30)/t22-/m1/s1. The molecule has 1 N–H and O–H groups in total. The number of alkyl halides is 3. The molecule has 2 aromatic rings. The number of thioether (sulfide) groups is 1. The Morgan fingerprint density at radius 2 is 1.61 bits per heavy atom. The minimum absolute atomic E-state index is 0.0456. The molecule has 4 rings (SSSR count). The van der Waals surface area contributed by atoms with Crippen LogP contribution in [0.15, 0.2) is 48.5 Å². The van der Waals surface area contributed by atoms with Crippen LogP contribution in [0, 0.1) is 5.92 Å². The molecule has 1 saturated heterocycles. The molecule has 1 atom stereocenters. The van der Waals surface area contributed by atoms with Gasteiger partial charge in [0, 0.05) is 17.3 Å². The van der Waals surface area contributed by atoms with E-state index in [0.717, 1.165) is 43.4 Å². The van der Waals surface area contributed by atoms with Crippen molar-refractivity contribution in [3.05, 3.63) is 59.7 Å². The lowest BCUT2D eigenvalue weighted by Crippen LogP contribution is -2.28. The van der Waals surface area contributed by atoms with Gasteiger partial charge in [0.2, 0.25) is 11.8 Å². The third-order valence-electron chi connectivity index (χ3n) is 5.78. The van der Waals surface area contributed by atoms with Gasteiger partial charge >= 0.3 is 6.18 Å². The number of carbonyl (C=O) groups is 2. The summed E-state index contributed by atoms with van der Waals surface area (Å²) in [4.78, 5) is 26.4. The SMILES string of the molecule is O=C(Nc1ccc([C@H]2SCC(=O)N2c2ccc(C(F)(F)F)cc2)cc1)C1CCCCC1. The van der Waals surface area contributed by atoms with Crippen LogP contribution in [0.5, 0.6) is 0 Å². The lowest BCUT2D eigenvalue weighted by atomic mass is 9.88. The Bertz CT molecular complexity index is 939. The number of hydrogen-bond acceptors (Lipinski definition) is 3. The van der Waals surface area contributed by atoms with Crippen molar-refractivity contribution in [1.29, 1.82) is 0 Å². The molecular formula is C23H23F3N2O2S. The highest BCUT2D eigenvalue weighted by molar-refractivity contribution is 8.00. The van der Waals surface area contributed by atoms with Crippen molar-refractivity contribution in [3.8, 4) is 0 Å². The van der Waals surface area contributed by atoms with Gasteiger partial charge in [-0.3, -0.25) is 14.5 Å². The smallest absolute Gasteiger partial charge is 0.326 e. The molecule has 2 aliphatic rings. The first-order valence-electron chi connectivity index (χ1n) is 10.3. The van der Waals surface area contributed by atoms with Crippen molar-refractivity contribution in [1.82, 2.24) is 0 Å². The van der Waals surface area contributed by atoms with Crippen LogP contribution in [-0.2, 0) is 15.8 Å². The fourth-order valence-electron chi connectivity index (χ4n) is 4.10. The van der Waals surface area contributed by atoms with Crippen molar-refractivity contribution in [3.63, 3.8) is 0 Å². The average molecular weight is 449 g/mol. The Hall–Kier alpha value is -2.48. The summed E-state index contributed by atoms with van der Waals surface area (Å²) < 4.78 is 38.5. The first kappa shape index (κ1) is 21.7. The van der Waals surface area contributed by atoms with E-state index in [-0.39, 0.29) is 28.9 Å². The summed E-state index contributed by atoms with van der Waals surface area (Å²) in [5.74, 6) is 0.214. The van der Waals surface area contributed by atoms with Crippen LogP contribution < -0.4 is 10.2 Å². The maximum Gasteiger partial charge on any atom is 0.416 e. The predicted molar refractivity (Wildman–Crippen MR) is 116 cm³/mol. The highest BCUT2D eigenvalue weighted by Gasteiger charge is 2.35. The minimum atomic E-state index is -4.42. The number of nitrogens with one attached hydrogen (secondary N) is 1. The second-order valence-corrected chi connectivity index (χ2v) is 8.99. The van der Waals surface area contributed by atoms with Gasteiger partial charge in [-0.15, -0.1) is 11.8 Å². The summed E-state index contributed by atoms with van der Waals surface area (Å²) in [6.45, 7) is 0. The molecular weight excluding hydrogens is 425 g/mol. The van der Waals surface area contributed by atoms with Crippen LogP contribution in [0.3, 0.4) is 0 Å². The molecule has 0 radical (unpaired) electrons. The van der Waals surface area contributed by atoms with Crippen LogP contribution in [0.4, 0.5) is 24.5 Å². The third-order valence-corrected chi connectivity index (χ3v) is 6.99. The normalized spacial score (nSPS) is 20.2. The minimum Gasteiger partial charge on any atom is -0.326 e. The number of rotatable bonds is 4. The van der Waals surface area contributed by atoms with Crippen LogP contribution in [0.2, 0.25) is 0 Å². The molecule has 31 heavy (non-hydrogen) atoms. The van der Waals surface area contributed by atoms with E-state index in [2.05, 4.69) is 5.32 Å². The molecule has 0 bridgehead atoms. The average Bonchev–Trinajstić information content (AvgIpc) is 3.15.